The molecule has 0 bridgehead atoms. The van der Waals surface area contributed by atoms with Crippen molar-refractivity contribution in [1.82, 2.24) is 0 Å². The van der Waals surface area contributed by atoms with Crippen LogP contribution in [0.4, 0.5) is 0 Å². The Morgan fingerprint density at radius 3 is 2.64 bits per heavy atom. The van der Waals surface area contributed by atoms with E-state index < -0.39 is 5.97 Å². The van der Waals surface area contributed by atoms with Gasteiger partial charge in [-0.2, -0.15) is 5.26 Å². The molecular weight excluding hydrogens is 191 g/mol. The van der Waals surface area contributed by atoms with Crippen LogP contribution in [0.2, 0.25) is 0 Å². The quantitative estimate of drug-likeness (QED) is 0.462. The number of aryl methyl sites for hydroxylation is 1. The molecule has 72 valence electrons. The van der Waals surface area contributed by atoms with E-state index in [4.69, 9.17) is 5.26 Å². The Morgan fingerprint density at radius 1 is 1.43 bits per heavy atom. The average molecular weight is 204 g/mol. The summed E-state index contributed by atoms with van der Waals surface area (Å²) in [5.74, 6) is -0.691. The van der Waals surface area contributed by atoms with Crippen LogP contribution in [0, 0.1) is 0 Å². The summed E-state index contributed by atoms with van der Waals surface area (Å²) in [5, 5.41) is 8.23. The Morgan fingerprint density at radius 2 is 2.07 bits per heavy atom. The molecule has 0 fully saturated rings. The summed E-state index contributed by atoms with van der Waals surface area (Å²) in [6, 6.07) is 7.10. The predicted molar refractivity (Wildman–Crippen MR) is 55.6 cm³/mol. The fourth-order valence-corrected chi connectivity index (χ4v) is 1.26. The van der Waals surface area contributed by atoms with Gasteiger partial charge in [-0.25, -0.2) is 4.79 Å². The van der Waals surface area contributed by atoms with E-state index in [1.165, 1.54) is 0 Å². The molecule has 0 aromatic heterocycles. The zero-order chi connectivity index (χ0) is 9.68. The Bertz CT molecular complexity index is 299. The van der Waals surface area contributed by atoms with Gasteiger partial charge >= 0.3 is 35.5 Å². The fourth-order valence-electron chi connectivity index (χ4n) is 1.26. The molecule has 1 rings (SSSR count). The molecule has 1 aromatic carbocycles. The molecule has 0 saturated heterocycles. The second-order valence-corrected chi connectivity index (χ2v) is 2.79. The number of benzene rings is 1. The van der Waals surface area contributed by atoms with E-state index in [2.05, 4.69) is 4.89 Å². The molecule has 0 spiro atoms. The van der Waals surface area contributed by atoms with Crippen LogP contribution in [0.15, 0.2) is 24.3 Å². The Kier molecular flexibility index (Phi) is 6.83. The van der Waals surface area contributed by atoms with Crippen LogP contribution in [0.1, 0.15) is 29.3 Å². The first-order valence-electron chi connectivity index (χ1n) is 4.23. The summed E-state index contributed by atoms with van der Waals surface area (Å²) in [6.45, 7) is 2.03. The topological polar surface area (TPSA) is 46.5 Å². The van der Waals surface area contributed by atoms with E-state index in [0.717, 1.165) is 18.4 Å². The van der Waals surface area contributed by atoms with Crippen molar-refractivity contribution in [1.29, 1.82) is 0 Å². The average Bonchev–Trinajstić information content (AvgIpc) is 2.18. The Balaban J connectivity index is 0.00000169. The second kappa shape index (κ2) is 7.01. The summed E-state index contributed by atoms with van der Waals surface area (Å²) in [7, 11) is 0. The van der Waals surface area contributed by atoms with E-state index in [1.807, 2.05) is 19.1 Å². The third kappa shape index (κ3) is 3.42. The molecule has 14 heavy (non-hydrogen) atoms. The van der Waals surface area contributed by atoms with Crippen LogP contribution in [-0.2, 0) is 11.3 Å². The Hall–Kier alpha value is -0.350. The minimum atomic E-state index is -0.691. The number of carbonyl (C=O) groups is 1. The molecule has 1 aromatic rings. The summed E-state index contributed by atoms with van der Waals surface area (Å²) >= 11 is 0. The molecule has 0 aliphatic carbocycles. The first-order valence-corrected chi connectivity index (χ1v) is 4.23. The van der Waals surface area contributed by atoms with Crippen molar-refractivity contribution in [3.8, 4) is 0 Å². The normalized spacial score (nSPS) is 9.00. The monoisotopic (exact) mass is 204 g/mol. The molecule has 4 heteroatoms. The van der Waals surface area contributed by atoms with Gasteiger partial charge in [0, 0.05) is 0 Å². The van der Waals surface area contributed by atoms with Gasteiger partial charge in [-0.1, -0.05) is 31.5 Å². The van der Waals surface area contributed by atoms with Crippen LogP contribution >= 0.6 is 0 Å². The molecule has 0 amide bonds. The van der Waals surface area contributed by atoms with Gasteiger partial charge in [0.05, 0.1) is 5.56 Å². The summed E-state index contributed by atoms with van der Waals surface area (Å²) in [6.07, 6.45) is 1.76. The van der Waals surface area contributed by atoms with Crippen molar-refractivity contribution >= 4 is 35.5 Å². The van der Waals surface area contributed by atoms with E-state index in [9.17, 15) is 4.79 Å². The first-order chi connectivity index (χ1) is 6.29. The Labute approximate surface area is 105 Å². The zero-order valence-electron chi connectivity index (χ0n) is 7.49. The molecule has 0 saturated carbocycles. The number of hydrogen-bond acceptors (Lipinski definition) is 3. The molecule has 0 aliphatic heterocycles. The zero-order valence-corrected chi connectivity index (χ0v) is 7.49. The van der Waals surface area contributed by atoms with Crippen LogP contribution in [-0.4, -0.2) is 40.8 Å². The van der Waals surface area contributed by atoms with E-state index in [1.54, 1.807) is 12.1 Å². The van der Waals surface area contributed by atoms with Gasteiger partial charge in [0.15, 0.2) is 0 Å². The van der Waals surface area contributed by atoms with Crippen molar-refractivity contribution in [3.63, 3.8) is 0 Å². The number of carbonyl (C=O) groups excluding carboxylic acids is 1. The molecule has 0 heterocycles. The van der Waals surface area contributed by atoms with Crippen LogP contribution < -0.4 is 0 Å². The van der Waals surface area contributed by atoms with E-state index in [0.29, 0.717) is 5.56 Å². The van der Waals surface area contributed by atoms with Crippen molar-refractivity contribution in [2.45, 2.75) is 19.8 Å². The third-order valence-electron chi connectivity index (χ3n) is 1.84. The first kappa shape index (κ1) is 13.7. The van der Waals surface area contributed by atoms with Crippen LogP contribution in [0.25, 0.3) is 0 Å². The standard InChI is InChI=1S/C10H12O3.Na.H/c1-2-5-8-6-3-4-7-9(8)10(11)13-12;;/h3-4,6-7,12H,2,5H2,1H3;;. The van der Waals surface area contributed by atoms with Crippen molar-refractivity contribution in [2.75, 3.05) is 0 Å². The summed E-state index contributed by atoms with van der Waals surface area (Å²) in [5.41, 5.74) is 1.34. The number of hydrogen-bond donors (Lipinski definition) is 1. The maximum atomic E-state index is 11.0. The summed E-state index contributed by atoms with van der Waals surface area (Å²) < 4.78 is 0. The van der Waals surface area contributed by atoms with E-state index >= 15 is 0 Å². The van der Waals surface area contributed by atoms with Gasteiger partial charge in [-0.3, -0.25) is 4.89 Å². The maximum absolute atomic E-state index is 11.0. The van der Waals surface area contributed by atoms with Crippen LogP contribution in [0.3, 0.4) is 0 Å². The number of rotatable bonds is 3. The molecule has 3 nitrogen and oxygen atoms in total. The minimum absolute atomic E-state index is 0. The van der Waals surface area contributed by atoms with Crippen molar-refractivity contribution < 1.29 is 14.9 Å². The molecule has 1 N–H and O–H groups in total. The van der Waals surface area contributed by atoms with Gasteiger partial charge in [0.25, 0.3) is 0 Å². The van der Waals surface area contributed by atoms with Gasteiger partial charge in [-0.15, -0.1) is 0 Å². The van der Waals surface area contributed by atoms with Crippen LogP contribution in [0.5, 0.6) is 0 Å². The SMILES string of the molecule is CCCc1ccccc1C(=O)OO.[NaH]. The van der Waals surface area contributed by atoms with Gasteiger partial charge < -0.3 is 0 Å². The molecule has 0 atom stereocenters. The van der Waals surface area contributed by atoms with Gasteiger partial charge in [0.1, 0.15) is 0 Å². The third-order valence-corrected chi connectivity index (χ3v) is 1.84. The van der Waals surface area contributed by atoms with E-state index in [-0.39, 0.29) is 29.6 Å². The molecule has 0 aliphatic rings. The fraction of sp³-hybridized carbons (Fsp3) is 0.300. The van der Waals surface area contributed by atoms with Gasteiger partial charge in [-0.05, 0) is 18.1 Å². The van der Waals surface area contributed by atoms with Crippen molar-refractivity contribution in [2.24, 2.45) is 0 Å². The predicted octanol–water partition coefficient (Wildman–Crippen LogP) is 1.62. The van der Waals surface area contributed by atoms with Gasteiger partial charge in [0.2, 0.25) is 0 Å². The summed E-state index contributed by atoms with van der Waals surface area (Å²) in [4.78, 5) is 14.7. The molecular formula is C10H13NaO3. The second-order valence-electron chi connectivity index (χ2n) is 2.79. The van der Waals surface area contributed by atoms with Crippen molar-refractivity contribution in [3.05, 3.63) is 35.4 Å². The molecule has 0 radical (unpaired) electrons. The molecule has 0 unspecified atom stereocenters.